The minimum atomic E-state index is 0.00616. The van der Waals surface area contributed by atoms with Crippen LogP contribution >= 0.6 is 11.3 Å². The monoisotopic (exact) mass is 382 g/mol. The van der Waals surface area contributed by atoms with Crippen LogP contribution in [0.5, 0.6) is 0 Å². The Kier molecular flexibility index (Phi) is 5.30. The molecule has 1 N–H and O–H groups in total. The van der Waals surface area contributed by atoms with E-state index in [2.05, 4.69) is 24.4 Å². The number of hydrogen-bond donors (Lipinski definition) is 1. The normalized spacial score (nSPS) is 19.0. The molecule has 1 aromatic heterocycles. The molecule has 1 atom stereocenters. The third-order valence-electron chi connectivity index (χ3n) is 5.61. The lowest BCUT2D eigenvalue weighted by atomic mass is 9.87. The third-order valence-corrected chi connectivity index (χ3v) is 6.83. The number of nitrogens with one attached hydrogen (secondary N) is 1. The number of benzene rings is 1. The van der Waals surface area contributed by atoms with Crippen molar-refractivity contribution in [1.29, 1.82) is 0 Å². The van der Waals surface area contributed by atoms with E-state index in [4.69, 9.17) is 0 Å². The van der Waals surface area contributed by atoms with Crippen molar-refractivity contribution in [3.8, 4) is 0 Å². The Morgan fingerprint density at radius 1 is 1.22 bits per heavy atom. The van der Waals surface area contributed by atoms with Gasteiger partial charge in [0, 0.05) is 30.4 Å². The molecule has 27 heavy (non-hydrogen) atoms. The van der Waals surface area contributed by atoms with E-state index >= 15 is 0 Å². The first-order valence-corrected chi connectivity index (χ1v) is 10.7. The van der Waals surface area contributed by atoms with Gasteiger partial charge in [0.15, 0.2) is 0 Å². The van der Waals surface area contributed by atoms with E-state index in [0.717, 1.165) is 55.6 Å². The van der Waals surface area contributed by atoms with Crippen molar-refractivity contribution in [3.05, 3.63) is 56.8 Å². The zero-order valence-electron chi connectivity index (χ0n) is 15.8. The molecule has 2 heterocycles. The number of aryl methyl sites for hydroxylation is 2. The summed E-state index contributed by atoms with van der Waals surface area (Å²) in [6.45, 7) is 4.40. The molecule has 4 nitrogen and oxygen atoms in total. The summed E-state index contributed by atoms with van der Waals surface area (Å²) in [5.41, 5.74) is 3.54. The maximum absolute atomic E-state index is 12.6. The second-order valence-electron chi connectivity index (χ2n) is 7.70. The summed E-state index contributed by atoms with van der Waals surface area (Å²) in [4.78, 5) is 29.4. The summed E-state index contributed by atoms with van der Waals surface area (Å²) >= 11 is 1.63. The molecule has 5 heteroatoms. The van der Waals surface area contributed by atoms with Gasteiger partial charge in [-0.05, 0) is 56.2 Å². The van der Waals surface area contributed by atoms with E-state index in [1.807, 2.05) is 23.1 Å². The summed E-state index contributed by atoms with van der Waals surface area (Å²) in [6.07, 6.45) is 4.74. The highest BCUT2D eigenvalue weighted by atomic mass is 32.1. The van der Waals surface area contributed by atoms with Crippen LogP contribution < -0.4 is 5.32 Å². The van der Waals surface area contributed by atoms with Gasteiger partial charge in [-0.25, -0.2) is 0 Å². The van der Waals surface area contributed by atoms with Crippen molar-refractivity contribution < 1.29 is 9.59 Å². The van der Waals surface area contributed by atoms with Gasteiger partial charge in [0.1, 0.15) is 0 Å². The number of carbonyl (C=O) groups excluding carboxylic acids is 2. The Hall–Kier alpha value is -2.14. The molecule has 2 aliphatic rings. The Balaban J connectivity index is 1.37. The Morgan fingerprint density at radius 3 is 2.81 bits per heavy atom. The fourth-order valence-corrected chi connectivity index (χ4v) is 5.26. The summed E-state index contributed by atoms with van der Waals surface area (Å²) in [7, 11) is 0. The van der Waals surface area contributed by atoms with E-state index < -0.39 is 0 Å². The van der Waals surface area contributed by atoms with E-state index in [0.29, 0.717) is 6.54 Å². The van der Waals surface area contributed by atoms with Crippen LogP contribution in [0.25, 0.3) is 0 Å². The average molecular weight is 383 g/mol. The first kappa shape index (κ1) is 18.2. The highest BCUT2D eigenvalue weighted by molar-refractivity contribution is 7.14. The number of amides is 2. The molecule has 1 aromatic carbocycles. The van der Waals surface area contributed by atoms with Crippen LogP contribution in [0.2, 0.25) is 0 Å². The second-order valence-corrected chi connectivity index (χ2v) is 8.84. The van der Waals surface area contributed by atoms with Gasteiger partial charge in [0.2, 0.25) is 5.91 Å². The Morgan fingerprint density at radius 2 is 2.04 bits per heavy atom. The van der Waals surface area contributed by atoms with Gasteiger partial charge in [0.25, 0.3) is 5.91 Å². The Labute approximate surface area is 164 Å². The van der Waals surface area contributed by atoms with Crippen LogP contribution in [0.1, 0.15) is 50.5 Å². The minimum Gasteiger partial charge on any atom is -0.352 e. The van der Waals surface area contributed by atoms with Gasteiger partial charge < -0.3 is 10.2 Å². The first-order valence-electron chi connectivity index (χ1n) is 9.84. The first-order chi connectivity index (χ1) is 13.1. The molecule has 1 aliphatic carbocycles. The topological polar surface area (TPSA) is 49.4 Å². The van der Waals surface area contributed by atoms with Crippen molar-refractivity contribution in [2.45, 2.75) is 45.6 Å². The number of nitrogens with zero attached hydrogens (tertiary/aromatic N) is 1. The highest BCUT2D eigenvalue weighted by Gasteiger charge is 2.29. The smallest absolute Gasteiger partial charge is 0.263 e. The number of thiophene rings is 1. The maximum Gasteiger partial charge on any atom is 0.263 e. The van der Waals surface area contributed by atoms with E-state index in [-0.39, 0.29) is 17.7 Å². The molecule has 0 spiro atoms. The number of fused-ring (bicyclic) bond motifs is 1. The molecule has 2 aromatic rings. The van der Waals surface area contributed by atoms with E-state index in [1.54, 1.807) is 11.3 Å². The molecule has 4 rings (SSSR count). The molecular weight excluding hydrogens is 356 g/mol. The fourth-order valence-electron chi connectivity index (χ4n) is 4.08. The zero-order chi connectivity index (χ0) is 18.8. The predicted molar refractivity (Wildman–Crippen MR) is 108 cm³/mol. The SMILES string of the molecule is Cc1cccc(CNC(=O)[C@H]2CCc3sc(C(=O)N4CCCC4)cc3C2)c1. The number of likely N-dealkylation sites (tertiary alicyclic amines) is 1. The quantitative estimate of drug-likeness (QED) is 0.876. The third kappa shape index (κ3) is 4.08. The number of hydrogen-bond acceptors (Lipinski definition) is 3. The van der Waals surface area contributed by atoms with Gasteiger partial charge >= 0.3 is 0 Å². The molecule has 1 fully saturated rings. The van der Waals surface area contributed by atoms with E-state index in [1.165, 1.54) is 16.0 Å². The van der Waals surface area contributed by atoms with Crippen molar-refractivity contribution >= 4 is 23.2 Å². The lowest BCUT2D eigenvalue weighted by molar-refractivity contribution is -0.125. The molecule has 142 valence electrons. The summed E-state index contributed by atoms with van der Waals surface area (Å²) in [6, 6.07) is 10.3. The fraction of sp³-hybridized carbons (Fsp3) is 0.455. The molecule has 1 aliphatic heterocycles. The predicted octanol–water partition coefficient (Wildman–Crippen LogP) is 3.71. The van der Waals surface area contributed by atoms with Crippen LogP contribution in [0.4, 0.5) is 0 Å². The van der Waals surface area contributed by atoms with Gasteiger partial charge in [0.05, 0.1) is 4.88 Å². The van der Waals surface area contributed by atoms with Crippen molar-refractivity contribution in [1.82, 2.24) is 10.2 Å². The van der Waals surface area contributed by atoms with E-state index in [9.17, 15) is 9.59 Å². The summed E-state index contributed by atoms with van der Waals surface area (Å²) in [5, 5.41) is 3.09. The molecule has 0 bridgehead atoms. The largest absolute Gasteiger partial charge is 0.352 e. The summed E-state index contributed by atoms with van der Waals surface area (Å²) < 4.78 is 0. The highest BCUT2D eigenvalue weighted by Crippen LogP contribution is 2.33. The minimum absolute atomic E-state index is 0.00616. The average Bonchev–Trinajstić information content (AvgIpc) is 3.34. The van der Waals surface area contributed by atoms with Crippen LogP contribution in [0, 0.1) is 12.8 Å². The Bertz CT molecular complexity index is 852. The molecule has 1 saturated heterocycles. The number of rotatable bonds is 4. The lowest BCUT2D eigenvalue weighted by Crippen LogP contribution is -2.33. The molecular formula is C22H26N2O2S. The zero-order valence-corrected chi connectivity index (χ0v) is 16.6. The van der Waals surface area contributed by atoms with Crippen molar-refractivity contribution in [2.24, 2.45) is 5.92 Å². The molecule has 2 amide bonds. The second kappa shape index (κ2) is 7.85. The van der Waals surface area contributed by atoms with Crippen LogP contribution in [0.15, 0.2) is 30.3 Å². The van der Waals surface area contributed by atoms with Gasteiger partial charge in [-0.3, -0.25) is 9.59 Å². The number of carbonyl (C=O) groups is 2. The van der Waals surface area contributed by atoms with Crippen molar-refractivity contribution in [2.75, 3.05) is 13.1 Å². The molecule has 0 unspecified atom stereocenters. The van der Waals surface area contributed by atoms with Crippen LogP contribution in [-0.2, 0) is 24.2 Å². The van der Waals surface area contributed by atoms with Gasteiger partial charge in [-0.15, -0.1) is 11.3 Å². The lowest BCUT2D eigenvalue weighted by Gasteiger charge is -2.21. The van der Waals surface area contributed by atoms with Gasteiger partial charge in [-0.1, -0.05) is 29.8 Å². The van der Waals surface area contributed by atoms with Gasteiger partial charge in [-0.2, -0.15) is 0 Å². The summed E-state index contributed by atoms with van der Waals surface area (Å²) in [5.74, 6) is 0.305. The molecule has 0 radical (unpaired) electrons. The standard InChI is InChI=1S/C22H26N2O2S/c1-15-5-4-6-16(11-15)14-23-21(25)17-7-8-19-18(12-17)13-20(27-19)22(26)24-9-2-3-10-24/h4-6,11,13,17H,2-3,7-10,12,14H2,1H3,(H,23,25)/t17-/m0/s1. The van der Waals surface area contributed by atoms with Crippen LogP contribution in [0.3, 0.4) is 0 Å². The van der Waals surface area contributed by atoms with Crippen molar-refractivity contribution in [3.63, 3.8) is 0 Å². The van der Waals surface area contributed by atoms with Crippen LogP contribution in [-0.4, -0.2) is 29.8 Å². The molecule has 0 saturated carbocycles. The maximum atomic E-state index is 12.6.